The molecule has 0 spiro atoms. The van der Waals surface area contributed by atoms with Gasteiger partial charge >= 0.3 is 0 Å². The lowest BCUT2D eigenvalue weighted by Gasteiger charge is -2.04. The molecule has 24 heavy (non-hydrogen) atoms. The van der Waals surface area contributed by atoms with Crippen molar-refractivity contribution in [2.75, 3.05) is 11.9 Å². The normalized spacial score (nSPS) is 11.7. The molecule has 2 heterocycles. The Bertz CT molecular complexity index is 819. The minimum Gasteiger partial charge on any atom is -0.337 e. The van der Waals surface area contributed by atoms with E-state index in [1.165, 1.54) is 17.5 Å². The fourth-order valence-electron chi connectivity index (χ4n) is 2.02. The second-order valence-corrected chi connectivity index (χ2v) is 8.23. The number of amides is 1. The van der Waals surface area contributed by atoms with Crippen LogP contribution in [0.3, 0.4) is 0 Å². The molecule has 10 heteroatoms. The lowest BCUT2D eigenvalue weighted by molar-refractivity contribution is -0.116. The molecule has 0 aromatic carbocycles. The molecule has 2 aromatic heterocycles. The molecule has 2 N–H and O–H groups in total. The number of carbonyl (C=O) groups is 1. The Hall–Kier alpha value is -1.78. The number of rotatable bonds is 7. The lowest BCUT2D eigenvalue weighted by atomic mass is 10.3. The van der Waals surface area contributed by atoms with Gasteiger partial charge in [-0.05, 0) is 20.3 Å². The quantitative estimate of drug-likeness (QED) is 0.764. The maximum atomic E-state index is 12.1. The van der Waals surface area contributed by atoms with Gasteiger partial charge in [0.15, 0.2) is 10.2 Å². The molecule has 0 saturated heterocycles. The highest BCUT2D eigenvalue weighted by Gasteiger charge is 2.18. The fourth-order valence-corrected chi connectivity index (χ4v) is 4.01. The molecule has 2 aromatic rings. The Morgan fingerprint density at radius 1 is 1.33 bits per heavy atom. The summed E-state index contributed by atoms with van der Waals surface area (Å²) < 4.78 is 28.2. The fraction of sp³-hybridized carbons (Fsp3) is 0.500. The Kier molecular flexibility index (Phi) is 5.73. The number of nitrogens with zero attached hydrogens (tertiary/aromatic N) is 3. The van der Waals surface area contributed by atoms with E-state index in [-0.39, 0.29) is 23.9 Å². The van der Waals surface area contributed by atoms with Gasteiger partial charge in [-0.3, -0.25) is 4.79 Å². The van der Waals surface area contributed by atoms with E-state index in [1.807, 2.05) is 13.8 Å². The number of sulfonamides is 1. The first-order valence-corrected chi connectivity index (χ1v) is 9.78. The number of carbonyl (C=O) groups excluding carboxylic acids is 1. The van der Waals surface area contributed by atoms with E-state index in [4.69, 9.17) is 0 Å². The van der Waals surface area contributed by atoms with Crippen LogP contribution in [0.15, 0.2) is 11.2 Å². The van der Waals surface area contributed by atoms with Gasteiger partial charge in [0.25, 0.3) is 10.0 Å². The Morgan fingerprint density at radius 2 is 2.04 bits per heavy atom. The topological polar surface area (TPSA) is 106 Å². The maximum Gasteiger partial charge on any atom is 0.259 e. The first kappa shape index (κ1) is 18.6. The van der Waals surface area contributed by atoms with Crippen molar-refractivity contribution in [3.8, 4) is 0 Å². The van der Waals surface area contributed by atoms with E-state index in [1.54, 1.807) is 18.5 Å². The summed E-state index contributed by atoms with van der Waals surface area (Å²) in [5.41, 5.74) is 0.960. The minimum atomic E-state index is -3.71. The van der Waals surface area contributed by atoms with Crippen LogP contribution in [0.2, 0.25) is 0 Å². The number of hydrogen-bond acceptors (Lipinski definition) is 6. The number of imidazole rings is 1. The summed E-state index contributed by atoms with van der Waals surface area (Å²) in [6.45, 7) is 5.67. The molecule has 0 radical (unpaired) electrons. The van der Waals surface area contributed by atoms with Crippen LogP contribution in [-0.4, -0.2) is 35.4 Å². The smallest absolute Gasteiger partial charge is 0.259 e. The largest absolute Gasteiger partial charge is 0.337 e. The van der Waals surface area contributed by atoms with Crippen LogP contribution in [0.4, 0.5) is 5.13 Å². The molecule has 2 rings (SSSR count). The molecule has 1 amide bonds. The second-order valence-electron chi connectivity index (χ2n) is 5.31. The van der Waals surface area contributed by atoms with E-state index in [2.05, 4.69) is 20.0 Å². The van der Waals surface area contributed by atoms with Crippen LogP contribution in [0.25, 0.3) is 0 Å². The summed E-state index contributed by atoms with van der Waals surface area (Å²) in [6, 6.07) is 0. The van der Waals surface area contributed by atoms with E-state index in [0.717, 1.165) is 17.0 Å². The summed E-state index contributed by atoms with van der Waals surface area (Å²) in [7, 11) is -1.99. The second kappa shape index (κ2) is 7.41. The number of aromatic nitrogens is 3. The average molecular weight is 371 g/mol. The van der Waals surface area contributed by atoms with E-state index in [0.29, 0.717) is 11.0 Å². The van der Waals surface area contributed by atoms with E-state index in [9.17, 15) is 13.2 Å². The third kappa shape index (κ3) is 4.40. The number of thiazole rings is 1. The number of aryl methyl sites for hydroxylation is 4. The Morgan fingerprint density at radius 3 is 2.58 bits per heavy atom. The van der Waals surface area contributed by atoms with Gasteiger partial charge in [0.05, 0.1) is 5.69 Å². The number of nitrogens with one attached hydrogen (secondary N) is 2. The molecule has 8 nitrogen and oxygen atoms in total. The van der Waals surface area contributed by atoms with Gasteiger partial charge in [-0.15, -0.1) is 11.3 Å². The zero-order chi connectivity index (χ0) is 17.9. The summed E-state index contributed by atoms with van der Waals surface area (Å²) in [5.74, 6) is 0.310. The lowest BCUT2D eigenvalue weighted by Crippen LogP contribution is -2.28. The van der Waals surface area contributed by atoms with Crippen molar-refractivity contribution in [2.45, 2.75) is 38.6 Å². The Balaban J connectivity index is 1.87. The molecule has 0 saturated carbocycles. The molecule has 0 aliphatic carbocycles. The van der Waals surface area contributed by atoms with Crippen molar-refractivity contribution in [1.82, 2.24) is 19.3 Å². The van der Waals surface area contributed by atoms with Crippen LogP contribution in [0.5, 0.6) is 0 Å². The highest BCUT2D eigenvalue weighted by molar-refractivity contribution is 7.89. The van der Waals surface area contributed by atoms with Crippen molar-refractivity contribution < 1.29 is 13.2 Å². The SMILES string of the molecule is CCc1nc(NC(=O)CCNS(=O)(=O)c2cn(C)c(C)n2)sc1C. The van der Waals surface area contributed by atoms with E-state index < -0.39 is 10.0 Å². The summed E-state index contributed by atoms with van der Waals surface area (Å²) >= 11 is 1.41. The van der Waals surface area contributed by atoms with Gasteiger partial charge in [0, 0.05) is 31.1 Å². The third-order valence-electron chi connectivity index (χ3n) is 3.48. The average Bonchev–Trinajstić information content (AvgIpc) is 3.02. The van der Waals surface area contributed by atoms with Crippen molar-refractivity contribution >= 4 is 32.4 Å². The predicted octanol–water partition coefficient (Wildman–Crippen LogP) is 1.36. The maximum absolute atomic E-state index is 12.1. The van der Waals surface area contributed by atoms with Gasteiger partial charge in [-0.1, -0.05) is 6.92 Å². The van der Waals surface area contributed by atoms with Crippen LogP contribution < -0.4 is 10.0 Å². The molecule has 0 fully saturated rings. The van der Waals surface area contributed by atoms with Gasteiger partial charge < -0.3 is 9.88 Å². The van der Waals surface area contributed by atoms with Gasteiger partial charge in [-0.25, -0.2) is 23.1 Å². The highest BCUT2D eigenvalue weighted by atomic mass is 32.2. The third-order valence-corrected chi connectivity index (χ3v) is 5.74. The zero-order valence-corrected chi connectivity index (χ0v) is 15.7. The van der Waals surface area contributed by atoms with Crippen LogP contribution in [0.1, 0.15) is 29.7 Å². The van der Waals surface area contributed by atoms with Crippen LogP contribution in [-0.2, 0) is 28.3 Å². The molecule has 132 valence electrons. The van der Waals surface area contributed by atoms with Crippen molar-refractivity contribution in [3.05, 3.63) is 22.6 Å². The minimum absolute atomic E-state index is 0.00518. The van der Waals surface area contributed by atoms with Crippen molar-refractivity contribution in [1.29, 1.82) is 0 Å². The molecule has 0 bridgehead atoms. The zero-order valence-electron chi connectivity index (χ0n) is 14.1. The van der Waals surface area contributed by atoms with Crippen LogP contribution in [0, 0.1) is 13.8 Å². The summed E-state index contributed by atoms with van der Waals surface area (Å²) in [5, 5.41) is 3.18. The first-order valence-electron chi connectivity index (χ1n) is 7.48. The van der Waals surface area contributed by atoms with Crippen LogP contribution >= 0.6 is 11.3 Å². The highest BCUT2D eigenvalue weighted by Crippen LogP contribution is 2.22. The molecule has 0 aliphatic heterocycles. The van der Waals surface area contributed by atoms with Gasteiger partial charge in [-0.2, -0.15) is 0 Å². The number of hydrogen-bond donors (Lipinski definition) is 2. The van der Waals surface area contributed by atoms with Crippen molar-refractivity contribution in [3.63, 3.8) is 0 Å². The molecular weight excluding hydrogens is 350 g/mol. The predicted molar refractivity (Wildman–Crippen MR) is 92.6 cm³/mol. The van der Waals surface area contributed by atoms with Gasteiger partial charge in [0.1, 0.15) is 5.82 Å². The van der Waals surface area contributed by atoms with Crippen molar-refractivity contribution in [2.24, 2.45) is 7.05 Å². The molecule has 0 unspecified atom stereocenters. The molecule has 0 atom stereocenters. The Labute approximate surface area is 145 Å². The standard InChI is InChI=1S/C14H21N5O3S2/c1-5-11-9(2)23-14(17-11)18-12(20)6-7-15-24(21,22)13-8-19(4)10(3)16-13/h8,15H,5-7H2,1-4H3,(H,17,18,20). The first-order chi connectivity index (χ1) is 11.2. The van der Waals surface area contributed by atoms with E-state index >= 15 is 0 Å². The molecular formula is C14H21N5O3S2. The summed E-state index contributed by atoms with van der Waals surface area (Å²) in [6.07, 6.45) is 2.26. The monoisotopic (exact) mass is 371 g/mol. The number of anilines is 1. The summed E-state index contributed by atoms with van der Waals surface area (Å²) in [4.78, 5) is 21.3. The molecule has 0 aliphatic rings. The van der Waals surface area contributed by atoms with Gasteiger partial charge in [0.2, 0.25) is 5.91 Å².